The first kappa shape index (κ1) is 35.2. The van der Waals surface area contributed by atoms with E-state index in [0.29, 0.717) is 0 Å². The van der Waals surface area contributed by atoms with Gasteiger partial charge in [0.1, 0.15) is 0 Å². The summed E-state index contributed by atoms with van der Waals surface area (Å²) in [5.41, 5.74) is 16.3. The SMILES string of the molecule is c1ccc(-c2ccccc2N(c2ccc(-c3cccc4c5ccccc5n(-c5ccccc5)c34)cc2)c2ccccc2-c2cccc3cccc(-c4ccccc4)c23)cc1. The highest BCUT2D eigenvalue weighted by atomic mass is 15.1. The molecule has 282 valence electrons. The van der Waals surface area contributed by atoms with E-state index in [1.165, 1.54) is 60.4 Å². The maximum atomic E-state index is 2.45. The Hall–Kier alpha value is -7.94. The van der Waals surface area contributed by atoms with Gasteiger partial charge in [0, 0.05) is 38.8 Å². The number of anilines is 3. The molecule has 2 heteroatoms. The quantitative estimate of drug-likeness (QED) is 0.150. The lowest BCUT2D eigenvalue weighted by molar-refractivity contribution is 1.18. The van der Waals surface area contributed by atoms with Crippen molar-refractivity contribution in [1.29, 1.82) is 0 Å². The number of aromatic nitrogens is 1. The molecule has 0 unspecified atom stereocenters. The molecule has 2 nitrogen and oxygen atoms in total. The van der Waals surface area contributed by atoms with Crippen LogP contribution in [0.5, 0.6) is 0 Å². The van der Waals surface area contributed by atoms with Crippen LogP contribution in [-0.4, -0.2) is 4.57 Å². The van der Waals surface area contributed by atoms with E-state index in [9.17, 15) is 0 Å². The van der Waals surface area contributed by atoms with Crippen LogP contribution in [0.4, 0.5) is 17.1 Å². The van der Waals surface area contributed by atoms with Crippen LogP contribution in [0.15, 0.2) is 243 Å². The van der Waals surface area contributed by atoms with Crippen molar-refractivity contribution in [2.75, 3.05) is 4.90 Å². The summed E-state index contributed by atoms with van der Waals surface area (Å²) >= 11 is 0. The minimum Gasteiger partial charge on any atom is -0.309 e. The van der Waals surface area contributed by atoms with Crippen LogP contribution in [-0.2, 0) is 0 Å². The normalized spacial score (nSPS) is 11.3. The molecular weight excluding hydrogens is 725 g/mol. The Labute approximate surface area is 350 Å². The van der Waals surface area contributed by atoms with Crippen molar-refractivity contribution in [3.8, 4) is 50.2 Å². The van der Waals surface area contributed by atoms with Crippen molar-refractivity contribution in [1.82, 2.24) is 4.57 Å². The second-order valence-corrected chi connectivity index (χ2v) is 15.2. The largest absolute Gasteiger partial charge is 0.309 e. The number of hydrogen-bond donors (Lipinski definition) is 0. The molecule has 0 atom stereocenters. The summed E-state index contributed by atoms with van der Waals surface area (Å²) in [6, 6.07) is 87.9. The number of para-hydroxylation sites is 5. The highest BCUT2D eigenvalue weighted by molar-refractivity contribution is 6.14. The van der Waals surface area contributed by atoms with Crippen molar-refractivity contribution < 1.29 is 0 Å². The molecule has 11 rings (SSSR count). The monoisotopic (exact) mass is 764 g/mol. The smallest absolute Gasteiger partial charge is 0.0619 e. The van der Waals surface area contributed by atoms with Crippen LogP contribution in [0.1, 0.15) is 0 Å². The molecule has 10 aromatic carbocycles. The molecule has 0 saturated carbocycles. The average molecular weight is 765 g/mol. The second kappa shape index (κ2) is 15.1. The minimum atomic E-state index is 1.08. The topological polar surface area (TPSA) is 8.17 Å². The van der Waals surface area contributed by atoms with Crippen molar-refractivity contribution >= 4 is 49.6 Å². The molecule has 11 aromatic rings. The first-order valence-electron chi connectivity index (χ1n) is 20.6. The fraction of sp³-hybridized carbons (Fsp3) is 0. The molecule has 0 aliphatic heterocycles. The lowest BCUT2D eigenvalue weighted by Gasteiger charge is -2.30. The summed E-state index contributed by atoms with van der Waals surface area (Å²) in [5.74, 6) is 0. The fourth-order valence-corrected chi connectivity index (χ4v) is 9.15. The maximum Gasteiger partial charge on any atom is 0.0619 e. The molecule has 0 aliphatic rings. The number of benzene rings is 10. The number of rotatable bonds is 8. The first-order valence-corrected chi connectivity index (χ1v) is 20.6. The zero-order chi connectivity index (χ0) is 39.8. The first-order chi connectivity index (χ1) is 29.8. The Balaban J connectivity index is 1.13. The van der Waals surface area contributed by atoms with E-state index in [-0.39, 0.29) is 0 Å². The van der Waals surface area contributed by atoms with Crippen LogP contribution < -0.4 is 4.90 Å². The van der Waals surface area contributed by atoms with Crippen LogP contribution in [0, 0.1) is 0 Å². The molecule has 0 radical (unpaired) electrons. The van der Waals surface area contributed by atoms with Crippen LogP contribution in [0.25, 0.3) is 82.8 Å². The van der Waals surface area contributed by atoms with Crippen LogP contribution >= 0.6 is 0 Å². The van der Waals surface area contributed by atoms with E-state index in [0.717, 1.165) is 39.4 Å². The van der Waals surface area contributed by atoms with Gasteiger partial charge in [-0.25, -0.2) is 0 Å². The number of hydrogen-bond acceptors (Lipinski definition) is 1. The summed E-state index contributed by atoms with van der Waals surface area (Å²) in [7, 11) is 0. The minimum absolute atomic E-state index is 1.08. The van der Waals surface area contributed by atoms with Gasteiger partial charge in [0.05, 0.1) is 22.4 Å². The van der Waals surface area contributed by atoms with E-state index in [1.54, 1.807) is 0 Å². The third-order valence-electron chi connectivity index (χ3n) is 11.8. The van der Waals surface area contributed by atoms with Crippen molar-refractivity contribution in [3.05, 3.63) is 243 Å². The summed E-state index contributed by atoms with van der Waals surface area (Å²) in [5, 5.41) is 4.95. The van der Waals surface area contributed by atoms with Gasteiger partial charge in [-0.15, -0.1) is 0 Å². The third-order valence-corrected chi connectivity index (χ3v) is 11.8. The zero-order valence-electron chi connectivity index (χ0n) is 33.0. The molecular formula is C58H40N2. The van der Waals surface area contributed by atoms with Gasteiger partial charge in [0.15, 0.2) is 0 Å². The maximum absolute atomic E-state index is 2.45. The van der Waals surface area contributed by atoms with Gasteiger partial charge in [0.25, 0.3) is 0 Å². The Morgan fingerprint density at radius 2 is 0.783 bits per heavy atom. The number of nitrogens with zero attached hydrogens (tertiary/aromatic N) is 2. The molecule has 0 aliphatic carbocycles. The van der Waals surface area contributed by atoms with Crippen LogP contribution in [0.3, 0.4) is 0 Å². The fourth-order valence-electron chi connectivity index (χ4n) is 9.15. The van der Waals surface area contributed by atoms with E-state index < -0.39 is 0 Å². The van der Waals surface area contributed by atoms with Crippen LogP contribution in [0.2, 0.25) is 0 Å². The van der Waals surface area contributed by atoms with Crippen molar-refractivity contribution in [2.24, 2.45) is 0 Å². The summed E-state index contributed by atoms with van der Waals surface area (Å²) in [4.78, 5) is 2.45. The molecule has 0 amide bonds. The van der Waals surface area contributed by atoms with Gasteiger partial charge in [-0.05, 0) is 81.1 Å². The summed E-state index contributed by atoms with van der Waals surface area (Å²) in [6.07, 6.45) is 0. The predicted molar refractivity (Wildman–Crippen MR) is 255 cm³/mol. The van der Waals surface area contributed by atoms with Gasteiger partial charge in [-0.3, -0.25) is 0 Å². The van der Waals surface area contributed by atoms with E-state index in [2.05, 4.69) is 252 Å². The van der Waals surface area contributed by atoms with E-state index in [1.807, 2.05) is 0 Å². The molecule has 0 spiro atoms. The summed E-state index contributed by atoms with van der Waals surface area (Å²) in [6.45, 7) is 0. The van der Waals surface area contributed by atoms with Gasteiger partial charge in [-0.1, -0.05) is 200 Å². The highest BCUT2D eigenvalue weighted by Gasteiger charge is 2.23. The highest BCUT2D eigenvalue weighted by Crippen LogP contribution is 2.47. The standard InChI is InChI=1S/C58H40N2/c1-4-19-41(20-5-1)47-27-10-13-34-54(47)59(55-35-14-11-28-50(55)52-32-17-24-44-23-16-30-48(57(44)52)42-21-6-2-7-22-42)46-39-37-43(38-40-46)49-31-18-33-53-51-29-12-15-36-56(51)60(58(49)53)45-25-8-3-9-26-45/h1-40H. The predicted octanol–water partition coefficient (Wildman–Crippen LogP) is 16.1. The van der Waals surface area contributed by atoms with Gasteiger partial charge in [-0.2, -0.15) is 0 Å². The third kappa shape index (κ3) is 6.06. The molecule has 0 fully saturated rings. The Morgan fingerprint density at radius 1 is 0.300 bits per heavy atom. The Morgan fingerprint density at radius 3 is 1.50 bits per heavy atom. The molecule has 0 saturated heterocycles. The van der Waals surface area contributed by atoms with Gasteiger partial charge >= 0.3 is 0 Å². The van der Waals surface area contributed by atoms with E-state index >= 15 is 0 Å². The lowest BCUT2D eigenvalue weighted by atomic mass is 9.90. The molecule has 60 heavy (non-hydrogen) atoms. The van der Waals surface area contributed by atoms with Gasteiger partial charge < -0.3 is 9.47 Å². The van der Waals surface area contributed by atoms with Crippen molar-refractivity contribution in [2.45, 2.75) is 0 Å². The molecule has 0 N–H and O–H groups in total. The molecule has 0 bridgehead atoms. The zero-order valence-corrected chi connectivity index (χ0v) is 33.0. The molecule has 1 aromatic heterocycles. The van der Waals surface area contributed by atoms with E-state index in [4.69, 9.17) is 0 Å². The second-order valence-electron chi connectivity index (χ2n) is 15.2. The van der Waals surface area contributed by atoms with Gasteiger partial charge in [0.2, 0.25) is 0 Å². The Kier molecular flexibility index (Phi) is 8.87. The summed E-state index contributed by atoms with van der Waals surface area (Å²) < 4.78 is 2.42. The number of fused-ring (bicyclic) bond motifs is 4. The average Bonchev–Trinajstić information content (AvgIpc) is 3.67. The van der Waals surface area contributed by atoms with Crippen molar-refractivity contribution in [3.63, 3.8) is 0 Å². The Bertz CT molecular complexity index is 3290. The lowest BCUT2D eigenvalue weighted by Crippen LogP contribution is -2.12. The molecule has 1 heterocycles.